The zero-order chi connectivity index (χ0) is 11.5. The van der Waals surface area contributed by atoms with Gasteiger partial charge >= 0.3 is 0 Å². The molecule has 0 fully saturated rings. The highest BCUT2D eigenvalue weighted by Gasteiger charge is 2.26. The molecule has 1 aliphatic rings. The second-order valence-electron chi connectivity index (χ2n) is 4.15. The van der Waals surface area contributed by atoms with E-state index < -0.39 is 0 Å². The van der Waals surface area contributed by atoms with Gasteiger partial charge in [-0.1, -0.05) is 19.1 Å². The van der Waals surface area contributed by atoms with Gasteiger partial charge in [0.15, 0.2) is 0 Å². The molecule has 0 aromatic heterocycles. The van der Waals surface area contributed by atoms with Gasteiger partial charge in [-0.2, -0.15) is 0 Å². The fraction of sp³-hybridized carbons (Fsp3) is 0.462. The Hall–Kier alpha value is -1.51. The van der Waals surface area contributed by atoms with Crippen molar-refractivity contribution >= 4 is 11.6 Å². The average molecular weight is 219 g/mol. The number of ether oxygens (including phenoxy) is 1. The molecule has 1 aromatic rings. The second kappa shape index (κ2) is 4.56. The molecule has 0 saturated carbocycles. The summed E-state index contributed by atoms with van der Waals surface area (Å²) in [6.45, 7) is 4.66. The SMILES string of the molecule is CCCC(=O)N1C[C@H](C)Oc2ccccc21. The first-order chi connectivity index (χ1) is 7.72. The molecule has 0 saturated heterocycles. The molecule has 1 atom stereocenters. The summed E-state index contributed by atoms with van der Waals surface area (Å²) >= 11 is 0. The fourth-order valence-corrected chi connectivity index (χ4v) is 1.97. The molecule has 1 aromatic carbocycles. The molecule has 16 heavy (non-hydrogen) atoms. The lowest BCUT2D eigenvalue weighted by Crippen LogP contribution is -2.42. The predicted octanol–water partition coefficient (Wildman–Crippen LogP) is 2.60. The molecule has 3 nitrogen and oxygen atoms in total. The van der Waals surface area contributed by atoms with Crippen molar-refractivity contribution < 1.29 is 9.53 Å². The van der Waals surface area contributed by atoms with Gasteiger partial charge in [0.25, 0.3) is 0 Å². The number of hydrogen-bond donors (Lipinski definition) is 0. The van der Waals surface area contributed by atoms with Crippen LogP contribution in [0.3, 0.4) is 0 Å². The van der Waals surface area contributed by atoms with E-state index in [9.17, 15) is 4.79 Å². The van der Waals surface area contributed by atoms with Gasteiger partial charge in [0.2, 0.25) is 5.91 Å². The summed E-state index contributed by atoms with van der Waals surface area (Å²) in [7, 11) is 0. The first-order valence-electron chi connectivity index (χ1n) is 5.78. The number of para-hydroxylation sites is 2. The molecule has 1 aliphatic heterocycles. The molecule has 0 N–H and O–H groups in total. The quantitative estimate of drug-likeness (QED) is 0.765. The molecule has 1 amide bonds. The van der Waals surface area contributed by atoms with Crippen LogP contribution >= 0.6 is 0 Å². The van der Waals surface area contributed by atoms with Gasteiger partial charge in [0.05, 0.1) is 12.2 Å². The van der Waals surface area contributed by atoms with Crippen LogP contribution in [0.5, 0.6) is 5.75 Å². The Kier molecular flexibility index (Phi) is 3.13. The number of fused-ring (bicyclic) bond motifs is 1. The highest BCUT2D eigenvalue weighted by molar-refractivity contribution is 5.95. The van der Waals surface area contributed by atoms with Crippen molar-refractivity contribution in [1.29, 1.82) is 0 Å². The molecule has 86 valence electrons. The van der Waals surface area contributed by atoms with E-state index in [0.29, 0.717) is 13.0 Å². The van der Waals surface area contributed by atoms with Gasteiger partial charge < -0.3 is 9.64 Å². The first kappa shape index (κ1) is 11.0. The molecular weight excluding hydrogens is 202 g/mol. The number of benzene rings is 1. The number of nitrogens with zero attached hydrogens (tertiary/aromatic N) is 1. The van der Waals surface area contributed by atoms with E-state index in [0.717, 1.165) is 17.9 Å². The van der Waals surface area contributed by atoms with Crippen LogP contribution in [-0.2, 0) is 4.79 Å². The maximum atomic E-state index is 12.0. The van der Waals surface area contributed by atoms with Crippen LogP contribution in [-0.4, -0.2) is 18.6 Å². The molecule has 3 heteroatoms. The average Bonchev–Trinajstić information content (AvgIpc) is 2.28. The van der Waals surface area contributed by atoms with E-state index in [4.69, 9.17) is 4.74 Å². The third kappa shape index (κ3) is 2.03. The Bertz CT molecular complexity index is 389. The number of carbonyl (C=O) groups is 1. The summed E-state index contributed by atoms with van der Waals surface area (Å²) in [5.41, 5.74) is 0.902. The summed E-state index contributed by atoms with van der Waals surface area (Å²) in [5, 5.41) is 0. The molecule has 0 bridgehead atoms. The standard InChI is InChI=1S/C13H17NO2/c1-3-6-13(15)14-9-10(2)16-12-8-5-4-7-11(12)14/h4-5,7-8,10H,3,6,9H2,1-2H3/t10-/m0/s1. The normalized spacial score (nSPS) is 18.9. The van der Waals surface area contributed by atoms with Crippen molar-refractivity contribution in [3.8, 4) is 5.75 Å². The third-order valence-electron chi connectivity index (χ3n) is 2.69. The topological polar surface area (TPSA) is 29.5 Å². The van der Waals surface area contributed by atoms with E-state index in [1.54, 1.807) is 0 Å². The number of carbonyl (C=O) groups excluding carboxylic acids is 1. The van der Waals surface area contributed by atoms with E-state index in [1.807, 2.05) is 43.0 Å². The minimum atomic E-state index is 0.0655. The second-order valence-corrected chi connectivity index (χ2v) is 4.15. The lowest BCUT2D eigenvalue weighted by Gasteiger charge is -2.33. The van der Waals surface area contributed by atoms with Crippen LogP contribution in [0.15, 0.2) is 24.3 Å². The van der Waals surface area contributed by atoms with Crippen molar-refractivity contribution in [2.45, 2.75) is 32.8 Å². The van der Waals surface area contributed by atoms with Gasteiger partial charge in [-0.15, -0.1) is 0 Å². The minimum Gasteiger partial charge on any atom is -0.487 e. The van der Waals surface area contributed by atoms with Crippen LogP contribution in [0.1, 0.15) is 26.7 Å². The molecule has 2 rings (SSSR count). The zero-order valence-electron chi connectivity index (χ0n) is 9.77. The van der Waals surface area contributed by atoms with Crippen LogP contribution in [0.4, 0.5) is 5.69 Å². The Balaban J connectivity index is 2.30. The van der Waals surface area contributed by atoms with Crippen molar-refractivity contribution in [2.24, 2.45) is 0 Å². The Morgan fingerprint density at radius 1 is 1.50 bits per heavy atom. The van der Waals surface area contributed by atoms with Crippen LogP contribution in [0.25, 0.3) is 0 Å². The molecule has 0 unspecified atom stereocenters. The number of rotatable bonds is 2. The molecule has 0 radical (unpaired) electrons. The van der Waals surface area contributed by atoms with Gasteiger partial charge in [-0.25, -0.2) is 0 Å². The zero-order valence-corrected chi connectivity index (χ0v) is 9.77. The lowest BCUT2D eigenvalue weighted by atomic mass is 10.1. The Labute approximate surface area is 96.0 Å². The Morgan fingerprint density at radius 3 is 3.00 bits per heavy atom. The molecular formula is C13H17NO2. The Morgan fingerprint density at radius 2 is 2.25 bits per heavy atom. The maximum absolute atomic E-state index is 12.0. The van der Waals surface area contributed by atoms with Crippen LogP contribution < -0.4 is 9.64 Å². The van der Waals surface area contributed by atoms with Crippen LogP contribution in [0.2, 0.25) is 0 Å². The van der Waals surface area contributed by atoms with Crippen molar-refractivity contribution in [2.75, 3.05) is 11.4 Å². The summed E-state index contributed by atoms with van der Waals surface area (Å²) in [4.78, 5) is 13.8. The highest BCUT2D eigenvalue weighted by atomic mass is 16.5. The number of amides is 1. The highest BCUT2D eigenvalue weighted by Crippen LogP contribution is 2.33. The third-order valence-corrected chi connectivity index (χ3v) is 2.69. The molecule has 1 heterocycles. The predicted molar refractivity (Wildman–Crippen MR) is 63.8 cm³/mol. The smallest absolute Gasteiger partial charge is 0.227 e. The van der Waals surface area contributed by atoms with Crippen molar-refractivity contribution in [1.82, 2.24) is 0 Å². The summed E-state index contributed by atoms with van der Waals surface area (Å²) < 4.78 is 5.70. The first-order valence-corrected chi connectivity index (χ1v) is 5.78. The van der Waals surface area contributed by atoms with E-state index in [1.165, 1.54) is 0 Å². The van der Waals surface area contributed by atoms with Crippen molar-refractivity contribution in [3.05, 3.63) is 24.3 Å². The van der Waals surface area contributed by atoms with Gasteiger partial charge in [0.1, 0.15) is 11.9 Å². The minimum absolute atomic E-state index is 0.0655. The van der Waals surface area contributed by atoms with Gasteiger partial charge in [0, 0.05) is 6.42 Å². The number of hydrogen-bond acceptors (Lipinski definition) is 2. The fourth-order valence-electron chi connectivity index (χ4n) is 1.97. The summed E-state index contributed by atoms with van der Waals surface area (Å²) in [5.74, 6) is 0.996. The lowest BCUT2D eigenvalue weighted by molar-refractivity contribution is -0.119. The van der Waals surface area contributed by atoms with Gasteiger partial charge in [-0.3, -0.25) is 4.79 Å². The largest absolute Gasteiger partial charge is 0.487 e. The molecule has 0 spiro atoms. The van der Waals surface area contributed by atoms with E-state index in [2.05, 4.69) is 0 Å². The molecule has 0 aliphatic carbocycles. The monoisotopic (exact) mass is 219 g/mol. The van der Waals surface area contributed by atoms with Crippen LogP contribution in [0, 0.1) is 0 Å². The maximum Gasteiger partial charge on any atom is 0.227 e. The number of anilines is 1. The summed E-state index contributed by atoms with van der Waals surface area (Å²) in [6.07, 6.45) is 1.55. The van der Waals surface area contributed by atoms with E-state index >= 15 is 0 Å². The summed E-state index contributed by atoms with van der Waals surface area (Å²) in [6, 6.07) is 7.72. The van der Waals surface area contributed by atoms with Gasteiger partial charge in [-0.05, 0) is 25.5 Å². The van der Waals surface area contributed by atoms with E-state index in [-0.39, 0.29) is 12.0 Å². The van der Waals surface area contributed by atoms with Crippen molar-refractivity contribution in [3.63, 3.8) is 0 Å².